The maximum absolute atomic E-state index is 13.4. The molecule has 124 valence electrons. The number of carbonyl (C=O) groups is 1. The molecule has 1 aliphatic carbocycles. The van der Waals surface area contributed by atoms with Gasteiger partial charge in [-0.15, -0.1) is 11.3 Å². The lowest BCUT2D eigenvalue weighted by atomic mass is 10.1. The van der Waals surface area contributed by atoms with Crippen LogP contribution < -0.4 is 5.32 Å². The summed E-state index contributed by atoms with van der Waals surface area (Å²) in [4.78, 5) is 17.4. The highest BCUT2D eigenvalue weighted by atomic mass is 32.1. The molecule has 1 aromatic carbocycles. The number of nitrogens with zero attached hydrogens (tertiary/aromatic N) is 1. The third-order valence-electron chi connectivity index (χ3n) is 4.35. The maximum Gasteiger partial charge on any atom is 0.263 e. The van der Waals surface area contributed by atoms with E-state index in [4.69, 9.17) is 4.42 Å². The van der Waals surface area contributed by atoms with E-state index in [-0.39, 0.29) is 17.8 Å². The molecule has 1 aliphatic rings. The summed E-state index contributed by atoms with van der Waals surface area (Å²) in [6.45, 7) is 3.74. The minimum atomic E-state index is -0.306. The Morgan fingerprint density at radius 1 is 1.46 bits per heavy atom. The lowest BCUT2D eigenvalue weighted by molar-refractivity contribution is 0.0939. The Morgan fingerprint density at radius 2 is 2.25 bits per heavy atom. The van der Waals surface area contributed by atoms with E-state index in [2.05, 4.69) is 10.3 Å². The number of nitrogens with one attached hydrogen (secondary N) is 1. The van der Waals surface area contributed by atoms with Crippen molar-refractivity contribution in [1.82, 2.24) is 10.3 Å². The zero-order valence-corrected chi connectivity index (χ0v) is 14.2. The maximum atomic E-state index is 13.4. The van der Waals surface area contributed by atoms with Crippen LogP contribution in [0.4, 0.5) is 4.39 Å². The first kappa shape index (κ1) is 15.3. The number of aryl methyl sites for hydroxylation is 1. The van der Waals surface area contributed by atoms with Crippen molar-refractivity contribution in [1.29, 1.82) is 0 Å². The van der Waals surface area contributed by atoms with Crippen LogP contribution in [0.15, 0.2) is 28.8 Å². The zero-order valence-electron chi connectivity index (χ0n) is 13.4. The molecule has 0 aliphatic heterocycles. The van der Waals surface area contributed by atoms with Crippen molar-refractivity contribution < 1.29 is 13.6 Å². The Labute approximate surface area is 142 Å². The van der Waals surface area contributed by atoms with Gasteiger partial charge in [-0.05, 0) is 44.9 Å². The fraction of sp³-hybridized carbons (Fsp3) is 0.333. The number of rotatable bonds is 4. The fourth-order valence-electron chi connectivity index (χ4n) is 2.87. The molecule has 1 amide bonds. The van der Waals surface area contributed by atoms with Crippen molar-refractivity contribution in [3.05, 3.63) is 51.4 Å². The second-order valence-electron chi connectivity index (χ2n) is 6.26. The number of thiazole rings is 1. The minimum Gasteiger partial charge on any atom is -0.459 e. The fourth-order valence-corrected chi connectivity index (χ4v) is 3.86. The van der Waals surface area contributed by atoms with E-state index < -0.39 is 0 Å². The van der Waals surface area contributed by atoms with E-state index in [1.807, 2.05) is 13.8 Å². The van der Waals surface area contributed by atoms with E-state index in [0.29, 0.717) is 22.1 Å². The highest BCUT2D eigenvalue weighted by Gasteiger charge is 2.28. The quantitative estimate of drug-likeness (QED) is 0.746. The first-order valence-corrected chi connectivity index (χ1v) is 8.79. The molecule has 1 saturated carbocycles. The molecule has 1 N–H and O–H groups in total. The van der Waals surface area contributed by atoms with Gasteiger partial charge in [0.2, 0.25) is 0 Å². The molecule has 0 spiro atoms. The number of carbonyl (C=O) groups excluding carboxylic acids is 1. The van der Waals surface area contributed by atoms with Crippen molar-refractivity contribution in [3.63, 3.8) is 0 Å². The summed E-state index contributed by atoms with van der Waals surface area (Å²) in [7, 11) is 0. The summed E-state index contributed by atoms with van der Waals surface area (Å²) >= 11 is 1.46. The Bertz CT molecular complexity index is 926. The molecule has 24 heavy (non-hydrogen) atoms. The smallest absolute Gasteiger partial charge is 0.263 e. The number of halogens is 1. The van der Waals surface area contributed by atoms with Crippen LogP contribution in [0, 0.1) is 12.7 Å². The lowest BCUT2D eigenvalue weighted by Gasteiger charge is -2.11. The summed E-state index contributed by atoms with van der Waals surface area (Å²) in [5.74, 6) is 0.738. The molecule has 0 radical (unpaired) electrons. The molecule has 4 nitrogen and oxygen atoms in total. The number of furan rings is 1. The first-order chi connectivity index (χ1) is 11.5. The van der Waals surface area contributed by atoms with E-state index in [9.17, 15) is 9.18 Å². The van der Waals surface area contributed by atoms with Gasteiger partial charge in [-0.1, -0.05) is 0 Å². The molecule has 6 heteroatoms. The molecule has 1 unspecified atom stereocenters. The standard InChI is InChI=1S/C18H17FN2O2S/c1-9-13-7-12(19)5-6-14(13)23-16(9)10(2)21-17(22)15-8-20-18(24-15)11-3-4-11/h5-8,10-11H,3-4H2,1-2H3,(H,21,22). The molecule has 0 bridgehead atoms. The Morgan fingerprint density at radius 3 is 3.00 bits per heavy atom. The van der Waals surface area contributed by atoms with Crippen molar-refractivity contribution in [3.8, 4) is 0 Å². The normalized spacial score (nSPS) is 15.6. The van der Waals surface area contributed by atoms with Gasteiger partial charge in [0.25, 0.3) is 5.91 Å². The van der Waals surface area contributed by atoms with Crippen LogP contribution in [0.5, 0.6) is 0 Å². The SMILES string of the molecule is Cc1c(C(C)NC(=O)c2cnc(C3CC3)s2)oc2ccc(F)cc12. The average Bonchev–Trinajstić information content (AvgIpc) is 3.19. The number of hydrogen-bond donors (Lipinski definition) is 1. The molecule has 2 aromatic heterocycles. The Hall–Kier alpha value is -2.21. The molecular weight excluding hydrogens is 327 g/mol. The number of aromatic nitrogens is 1. The molecule has 1 atom stereocenters. The average molecular weight is 344 g/mol. The van der Waals surface area contributed by atoms with E-state index >= 15 is 0 Å². The topological polar surface area (TPSA) is 55.1 Å². The van der Waals surface area contributed by atoms with Gasteiger partial charge in [0.15, 0.2) is 0 Å². The van der Waals surface area contributed by atoms with Crippen LogP contribution in [-0.2, 0) is 0 Å². The molecule has 4 rings (SSSR count). The van der Waals surface area contributed by atoms with Crippen LogP contribution in [0.25, 0.3) is 11.0 Å². The van der Waals surface area contributed by atoms with Gasteiger partial charge in [0, 0.05) is 16.9 Å². The predicted octanol–water partition coefficient (Wildman–Crippen LogP) is 4.71. The van der Waals surface area contributed by atoms with Crippen molar-refractivity contribution in [2.24, 2.45) is 0 Å². The Balaban J connectivity index is 1.55. The van der Waals surface area contributed by atoms with Gasteiger partial charge in [0.1, 0.15) is 22.0 Å². The minimum absolute atomic E-state index is 0.155. The van der Waals surface area contributed by atoms with Crippen molar-refractivity contribution in [2.45, 2.75) is 38.6 Å². The van der Waals surface area contributed by atoms with E-state index in [1.54, 1.807) is 12.3 Å². The third-order valence-corrected chi connectivity index (χ3v) is 5.51. The lowest BCUT2D eigenvalue weighted by Crippen LogP contribution is -2.26. The third kappa shape index (κ3) is 2.71. The van der Waals surface area contributed by atoms with Gasteiger partial charge >= 0.3 is 0 Å². The number of benzene rings is 1. The molecule has 1 fully saturated rings. The Kier molecular flexibility index (Phi) is 3.64. The summed E-state index contributed by atoms with van der Waals surface area (Å²) in [5.41, 5.74) is 1.47. The van der Waals surface area contributed by atoms with Crippen LogP contribution in [0.2, 0.25) is 0 Å². The second-order valence-corrected chi connectivity index (χ2v) is 7.33. The van der Waals surface area contributed by atoms with Crippen LogP contribution >= 0.6 is 11.3 Å². The van der Waals surface area contributed by atoms with Crippen LogP contribution in [0.1, 0.15) is 57.7 Å². The summed E-state index contributed by atoms with van der Waals surface area (Å²) in [6, 6.07) is 4.13. The zero-order chi connectivity index (χ0) is 16.8. The van der Waals surface area contributed by atoms with Gasteiger partial charge < -0.3 is 9.73 Å². The molecule has 0 saturated heterocycles. The largest absolute Gasteiger partial charge is 0.459 e. The second kappa shape index (κ2) is 5.70. The van der Waals surface area contributed by atoms with Gasteiger partial charge in [0.05, 0.1) is 17.2 Å². The summed E-state index contributed by atoms with van der Waals surface area (Å²) in [5, 5.41) is 4.73. The number of amides is 1. The van der Waals surface area contributed by atoms with Gasteiger partial charge in [-0.2, -0.15) is 0 Å². The molecule has 3 aromatic rings. The van der Waals surface area contributed by atoms with Crippen LogP contribution in [0.3, 0.4) is 0 Å². The monoisotopic (exact) mass is 344 g/mol. The van der Waals surface area contributed by atoms with Gasteiger partial charge in [-0.25, -0.2) is 9.37 Å². The predicted molar refractivity (Wildman–Crippen MR) is 90.9 cm³/mol. The highest BCUT2D eigenvalue weighted by Crippen LogP contribution is 2.41. The van der Waals surface area contributed by atoms with Crippen molar-refractivity contribution in [2.75, 3.05) is 0 Å². The molecule has 2 heterocycles. The van der Waals surface area contributed by atoms with Gasteiger partial charge in [-0.3, -0.25) is 4.79 Å². The number of fused-ring (bicyclic) bond motifs is 1. The highest BCUT2D eigenvalue weighted by molar-refractivity contribution is 7.13. The number of hydrogen-bond acceptors (Lipinski definition) is 4. The van der Waals surface area contributed by atoms with Crippen LogP contribution in [-0.4, -0.2) is 10.9 Å². The first-order valence-electron chi connectivity index (χ1n) is 7.98. The van der Waals surface area contributed by atoms with E-state index in [1.165, 1.54) is 36.3 Å². The van der Waals surface area contributed by atoms with E-state index in [0.717, 1.165) is 16.0 Å². The summed E-state index contributed by atoms with van der Waals surface area (Å²) in [6.07, 6.45) is 3.97. The summed E-state index contributed by atoms with van der Waals surface area (Å²) < 4.78 is 19.2. The van der Waals surface area contributed by atoms with Crippen molar-refractivity contribution >= 4 is 28.2 Å². The molecular formula is C18H17FN2O2S.